The van der Waals surface area contributed by atoms with E-state index < -0.39 is 0 Å². The van der Waals surface area contributed by atoms with Gasteiger partial charge in [-0.3, -0.25) is 9.59 Å². The molecule has 1 unspecified atom stereocenters. The second-order valence-electron chi connectivity index (χ2n) is 4.74. The topological polar surface area (TPSA) is 72.6 Å². The van der Waals surface area contributed by atoms with Crippen molar-refractivity contribution in [1.29, 1.82) is 0 Å². The SMILES string of the molecule is COc1ccc(C(=O)CCC(=O)N(C)C(C)CN)cc1.Cl. The minimum absolute atomic E-state index is 0. The fourth-order valence-corrected chi connectivity index (χ4v) is 1.72. The molecule has 5 nitrogen and oxygen atoms in total. The van der Waals surface area contributed by atoms with E-state index in [0.717, 1.165) is 0 Å². The van der Waals surface area contributed by atoms with Crippen molar-refractivity contribution in [3.63, 3.8) is 0 Å². The number of ketones is 1. The third kappa shape index (κ3) is 5.73. The summed E-state index contributed by atoms with van der Waals surface area (Å²) in [4.78, 5) is 25.4. The van der Waals surface area contributed by atoms with E-state index in [4.69, 9.17) is 10.5 Å². The lowest BCUT2D eigenvalue weighted by Gasteiger charge is -2.23. The largest absolute Gasteiger partial charge is 0.497 e. The maximum absolute atomic E-state index is 12.0. The van der Waals surface area contributed by atoms with Gasteiger partial charge in [-0.1, -0.05) is 0 Å². The van der Waals surface area contributed by atoms with Crippen LogP contribution in [0.15, 0.2) is 24.3 Å². The van der Waals surface area contributed by atoms with Gasteiger partial charge >= 0.3 is 0 Å². The number of Topliss-reactive ketones (excluding diaryl/α,β-unsaturated/α-hetero) is 1. The molecule has 0 saturated heterocycles. The number of carbonyl (C=O) groups is 2. The number of rotatable bonds is 7. The average Bonchev–Trinajstić information content (AvgIpc) is 2.50. The van der Waals surface area contributed by atoms with Crippen molar-refractivity contribution in [3.8, 4) is 5.75 Å². The molecule has 1 aromatic rings. The first kappa shape index (κ1) is 19.4. The summed E-state index contributed by atoms with van der Waals surface area (Å²) in [6.07, 6.45) is 0.401. The highest BCUT2D eigenvalue weighted by Crippen LogP contribution is 2.13. The summed E-state index contributed by atoms with van der Waals surface area (Å²) in [6, 6.07) is 6.86. The Kier molecular flexibility index (Phi) is 8.66. The minimum Gasteiger partial charge on any atom is -0.497 e. The number of likely N-dealkylation sites (N-methyl/N-ethyl adjacent to an activating group) is 1. The van der Waals surface area contributed by atoms with Crippen molar-refractivity contribution >= 4 is 24.1 Å². The van der Waals surface area contributed by atoms with Crippen molar-refractivity contribution in [1.82, 2.24) is 4.90 Å². The Bertz CT molecular complexity index is 462. The van der Waals surface area contributed by atoms with E-state index in [9.17, 15) is 9.59 Å². The Labute approximate surface area is 131 Å². The molecule has 0 bridgehead atoms. The summed E-state index contributed by atoms with van der Waals surface area (Å²) < 4.78 is 5.03. The van der Waals surface area contributed by atoms with Gasteiger partial charge in [-0.25, -0.2) is 0 Å². The summed E-state index contributed by atoms with van der Waals surface area (Å²) in [5, 5.41) is 0. The zero-order valence-electron chi connectivity index (χ0n) is 12.7. The monoisotopic (exact) mass is 314 g/mol. The summed E-state index contributed by atoms with van der Waals surface area (Å²) >= 11 is 0. The van der Waals surface area contributed by atoms with E-state index in [-0.39, 0.29) is 43.0 Å². The van der Waals surface area contributed by atoms with Crippen LogP contribution in [0.2, 0.25) is 0 Å². The van der Waals surface area contributed by atoms with E-state index >= 15 is 0 Å². The zero-order chi connectivity index (χ0) is 15.1. The van der Waals surface area contributed by atoms with Crippen LogP contribution in [-0.4, -0.2) is 43.3 Å². The van der Waals surface area contributed by atoms with Gasteiger partial charge < -0.3 is 15.4 Å². The summed E-state index contributed by atoms with van der Waals surface area (Å²) in [5.74, 6) is 0.591. The molecular formula is C15H23ClN2O3. The third-order valence-corrected chi connectivity index (χ3v) is 3.37. The van der Waals surface area contributed by atoms with Gasteiger partial charge in [0.1, 0.15) is 5.75 Å². The standard InChI is InChI=1S/C15H22N2O3.ClH/c1-11(10-16)17(2)15(19)9-8-14(18)12-4-6-13(20-3)7-5-12;/h4-7,11H,8-10,16H2,1-3H3;1H. The molecule has 0 fully saturated rings. The molecule has 0 heterocycles. The molecule has 6 heteroatoms. The second kappa shape index (κ2) is 9.37. The van der Waals surface area contributed by atoms with E-state index in [1.165, 1.54) is 0 Å². The lowest BCUT2D eigenvalue weighted by atomic mass is 10.1. The van der Waals surface area contributed by atoms with Crippen LogP contribution in [0.5, 0.6) is 5.75 Å². The van der Waals surface area contributed by atoms with Crippen molar-refractivity contribution in [2.45, 2.75) is 25.8 Å². The van der Waals surface area contributed by atoms with Crippen molar-refractivity contribution in [2.75, 3.05) is 20.7 Å². The molecule has 0 saturated carbocycles. The molecule has 0 aliphatic rings. The summed E-state index contributed by atoms with van der Waals surface area (Å²) in [5.41, 5.74) is 6.10. The van der Waals surface area contributed by atoms with Crippen molar-refractivity contribution in [3.05, 3.63) is 29.8 Å². The van der Waals surface area contributed by atoms with Crippen LogP contribution in [-0.2, 0) is 4.79 Å². The second-order valence-corrected chi connectivity index (χ2v) is 4.74. The number of carbonyl (C=O) groups excluding carboxylic acids is 2. The number of halogens is 1. The van der Waals surface area contributed by atoms with E-state index in [1.807, 2.05) is 6.92 Å². The average molecular weight is 315 g/mol. The fourth-order valence-electron chi connectivity index (χ4n) is 1.72. The van der Waals surface area contributed by atoms with Gasteiger partial charge in [-0.15, -0.1) is 12.4 Å². The lowest BCUT2D eigenvalue weighted by Crippen LogP contribution is -2.39. The first-order chi connectivity index (χ1) is 9.49. The molecule has 2 N–H and O–H groups in total. The van der Waals surface area contributed by atoms with Gasteiger partial charge in [0.15, 0.2) is 5.78 Å². The molecule has 21 heavy (non-hydrogen) atoms. The van der Waals surface area contributed by atoms with E-state index in [1.54, 1.807) is 43.3 Å². The maximum Gasteiger partial charge on any atom is 0.223 e. The Morgan fingerprint density at radius 1 is 1.24 bits per heavy atom. The fraction of sp³-hybridized carbons (Fsp3) is 0.467. The summed E-state index contributed by atoms with van der Waals surface area (Å²) in [6.45, 7) is 2.29. The minimum atomic E-state index is -0.0650. The molecular weight excluding hydrogens is 292 g/mol. The number of ether oxygens (including phenoxy) is 1. The van der Waals surface area contributed by atoms with Crippen LogP contribution in [0.1, 0.15) is 30.1 Å². The molecule has 118 valence electrons. The van der Waals surface area contributed by atoms with Gasteiger partial charge in [-0.2, -0.15) is 0 Å². The quantitative estimate of drug-likeness (QED) is 0.780. The van der Waals surface area contributed by atoms with Crippen molar-refractivity contribution in [2.24, 2.45) is 5.73 Å². The molecule has 0 aromatic heterocycles. The molecule has 1 amide bonds. The summed E-state index contributed by atoms with van der Waals surface area (Å²) in [7, 11) is 3.28. The van der Waals surface area contributed by atoms with Crippen LogP contribution >= 0.6 is 12.4 Å². The predicted molar refractivity (Wildman–Crippen MR) is 85.1 cm³/mol. The van der Waals surface area contributed by atoms with Crippen LogP contribution in [0.3, 0.4) is 0 Å². The molecule has 0 aliphatic heterocycles. The normalized spacial score (nSPS) is 11.2. The Hall–Kier alpha value is -1.59. The number of amides is 1. The molecule has 1 atom stereocenters. The van der Waals surface area contributed by atoms with Gasteiger partial charge in [0.2, 0.25) is 5.91 Å². The van der Waals surface area contributed by atoms with E-state index in [2.05, 4.69) is 0 Å². The van der Waals surface area contributed by atoms with Crippen LogP contribution in [0, 0.1) is 0 Å². The zero-order valence-corrected chi connectivity index (χ0v) is 13.5. The molecule has 1 rings (SSSR count). The van der Waals surface area contributed by atoms with Crippen LogP contribution in [0.4, 0.5) is 0 Å². The number of nitrogens with zero attached hydrogens (tertiary/aromatic N) is 1. The molecule has 0 radical (unpaired) electrons. The van der Waals surface area contributed by atoms with E-state index in [0.29, 0.717) is 17.9 Å². The smallest absolute Gasteiger partial charge is 0.223 e. The Balaban J connectivity index is 0.00000400. The van der Waals surface area contributed by atoms with Gasteiger partial charge in [0, 0.05) is 38.0 Å². The molecule has 0 aliphatic carbocycles. The predicted octanol–water partition coefficient (Wildman–Crippen LogP) is 1.89. The number of nitrogens with two attached hydrogens (primary N) is 1. The molecule has 0 spiro atoms. The maximum atomic E-state index is 12.0. The Morgan fingerprint density at radius 3 is 2.29 bits per heavy atom. The van der Waals surface area contributed by atoms with Gasteiger partial charge in [0.25, 0.3) is 0 Å². The Morgan fingerprint density at radius 2 is 1.81 bits per heavy atom. The van der Waals surface area contributed by atoms with Crippen LogP contribution in [0.25, 0.3) is 0 Å². The number of hydrogen-bond donors (Lipinski definition) is 1. The van der Waals surface area contributed by atoms with Crippen molar-refractivity contribution < 1.29 is 14.3 Å². The van der Waals surface area contributed by atoms with Crippen LogP contribution < -0.4 is 10.5 Å². The molecule has 1 aromatic carbocycles. The lowest BCUT2D eigenvalue weighted by molar-refractivity contribution is -0.131. The number of benzene rings is 1. The highest BCUT2D eigenvalue weighted by molar-refractivity contribution is 5.98. The van der Waals surface area contributed by atoms with Gasteiger partial charge in [0.05, 0.1) is 7.11 Å². The third-order valence-electron chi connectivity index (χ3n) is 3.37. The highest BCUT2D eigenvalue weighted by atomic mass is 35.5. The first-order valence-electron chi connectivity index (χ1n) is 6.62. The number of methoxy groups -OCH3 is 1. The number of hydrogen-bond acceptors (Lipinski definition) is 4. The first-order valence-corrected chi connectivity index (χ1v) is 6.62. The van der Waals surface area contributed by atoms with Gasteiger partial charge in [-0.05, 0) is 31.2 Å². The highest BCUT2D eigenvalue weighted by Gasteiger charge is 2.16.